The molecule has 0 radical (unpaired) electrons. The van der Waals surface area contributed by atoms with Crippen molar-refractivity contribution in [1.82, 2.24) is 10.2 Å². The van der Waals surface area contributed by atoms with Gasteiger partial charge in [0.1, 0.15) is 0 Å². The van der Waals surface area contributed by atoms with Crippen molar-refractivity contribution in [2.24, 2.45) is 11.7 Å². The standard InChI is InChI=1S/C13H27N3O2/c1-4-11(7-9-14)5-6-13(18)16(3)10-8-12(17)15-2/h11H,4-10,14H2,1-3H3,(H,15,17). The molecule has 0 heterocycles. The maximum Gasteiger partial charge on any atom is 0.222 e. The summed E-state index contributed by atoms with van der Waals surface area (Å²) in [6.45, 7) is 3.28. The zero-order valence-corrected chi connectivity index (χ0v) is 11.9. The molecule has 1 unspecified atom stereocenters. The van der Waals surface area contributed by atoms with Gasteiger partial charge in [-0.05, 0) is 25.3 Å². The number of nitrogens with two attached hydrogens (primary N) is 1. The van der Waals surface area contributed by atoms with Crippen LogP contribution in [0.5, 0.6) is 0 Å². The zero-order valence-electron chi connectivity index (χ0n) is 11.9. The fraction of sp³-hybridized carbons (Fsp3) is 0.846. The van der Waals surface area contributed by atoms with E-state index in [0.717, 1.165) is 19.3 Å². The number of nitrogens with one attached hydrogen (secondary N) is 1. The van der Waals surface area contributed by atoms with Crippen molar-refractivity contribution in [3.8, 4) is 0 Å². The molecule has 5 heteroatoms. The number of carbonyl (C=O) groups is 2. The molecule has 0 aliphatic heterocycles. The summed E-state index contributed by atoms with van der Waals surface area (Å²) in [6.07, 6.45) is 3.83. The molecular weight excluding hydrogens is 230 g/mol. The molecule has 0 saturated heterocycles. The van der Waals surface area contributed by atoms with Gasteiger partial charge >= 0.3 is 0 Å². The van der Waals surface area contributed by atoms with E-state index >= 15 is 0 Å². The van der Waals surface area contributed by atoms with E-state index in [9.17, 15) is 9.59 Å². The van der Waals surface area contributed by atoms with Crippen molar-refractivity contribution in [2.75, 3.05) is 27.2 Å². The number of rotatable bonds is 9. The molecule has 18 heavy (non-hydrogen) atoms. The maximum absolute atomic E-state index is 11.8. The van der Waals surface area contributed by atoms with Gasteiger partial charge in [0.2, 0.25) is 11.8 Å². The second-order valence-electron chi connectivity index (χ2n) is 4.63. The molecule has 0 fully saturated rings. The Morgan fingerprint density at radius 3 is 2.44 bits per heavy atom. The molecule has 0 aliphatic rings. The Kier molecular flexibility index (Phi) is 9.28. The van der Waals surface area contributed by atoms with Crippen molar-refractivity contribution in [3.63, 3.8) is 0 Å². The molecule has 2 amide bonds. The molecular formula is C13H27N3O2. The van der Waals surface area contributed by atoms with Gasteiger partial charge in [-0.15, -0.1) is 0 Å². The van der Waals surface area contributed by atoms with Crippen LogP contribution in [0.15, 0.2) is 0 Å². The SMILES string of the molecule is CCC(CCN)CCC(=O)N(C)CCC(=O)NC. The van der Waals surface area contributed by atoms with Crippen LogP contribution in [0.3, 0.4) is 0 Å². The van der Waals surface area contributed by atoms with Gasteiger partial charge in [0, 0.05) is 33.5 Å². The molecule has 0 bridgehead atoms. The molecule has 0 aromatic heterocycles. The third-order valence-electron chi connectivity index (χ3n) is 3.30. The minimum Gasteiger partial charge on any atom is -0.359 e. The summed E-state index contributed by atoms with van der Waals surface area (Å²) in [6, 6.07) is 0. The topological polar surface area (TPSA) is 75.4 Å². The number of amides is 2. The quantitative estimate of drug-likeness (QED) is 0.639. The van der Waals surface area contributed by atoms with Crippen LogP contribution in [0, 0.1) is 5.92 Å². The van der Waals surface area contributed by atoms with Crippen molar-refractivity contribution in [1.29, 1.82) is 0 Å². The highest BCUT2D eigenvalue weighted by molar-refractivity contribution is 5.78. The molecule has 0 aliphatic carbocycles. The molecule has 0 rings (SSSR count). The van der Waals surface area contributed by atoms with Gasteiger partial charge in [0.25, 0.3) is 0 Å². The fourth-order valence-corrected chi connectivity index (χ4v) is 1.83. The Labute approximate surface area is 110 Å². The van der Waals surface area contributed by atoms with E-state index in [4.69, 9.17) is 5.73 Å². The van der Waals surface area contributed by atoms with E-state index in [1.165, 1.54) is 0 Å². The predicted molar refractivity (Wildman–Crippen MR) is 73.0 cm³/mol. The van der Waals surface area contributed by atoms with Crippen LogP contribution in [0.25, 0.3) is 0 Å². The van der Waals surface area contributed by atoms with Crippen LogP contribution in [0.4, 0.5) is 0 Å². The van der Waals surface area contributed by atoms with Gasteiger partial charge in [-0.25, -0.2) is 0 Å². The first kappa shape index (κ1) is 16.9. The summed E-state index contributed by atoms with van der Waals surface area (Å²) in [7, 11) is 3.35. The van der Waals surface area contributed by atoms with Gasteiger partial charge in [0.15, 0.2) is 0 Å². The summed E-state index contributed by atoms with van der Waals surface area (Å²) < 4.78 is 0. The molecule has 0 saturated carbocycles. The van der Waals surface area contributed by atoms with E-state index in [2.05, 4.69) is 12.2 Å². The smallest absolute Gasteiger partial charge is 0.222 e. The van der Waals surface area contributed by atoms with Gasteiger partial charge in [0.05, 0.1) is 0 Å². The first-order valence-corrected chi connectivity index (χ1v) is 6.69. The predicted octanol–water partition coefficient (Wildman–Crippen LogP) is 0.736. The summed E-state index contributed by atoms with van der Waals surface area (Å²) in [5, 5.41) is 2.54. The van der Waals surface area contributed by atoms with Crippen LogP contribution in [0.2, 0.25) is 0 Å². The Morgan fingerprint density at radius 2 is 1.94 bits per heavy atom. The van der Waals surface area contributed by atoms with Gasteiger partial charge < -0.3 is 16.0 Å². The van der Waals surface area contributed by atoms with E-state index in [0.29, 0.717) is 31.8 Å². The average molecular weight is 257 g/mol. The number of hydrogen-bond donors (Lipinski definition) is 2. The molecule has 5 nitrogen and oxygen atoms in total. The highest BCUT2D eigenvalue weighted by Gasteiger charge is 2.13. The summed E-state index contributed by atoms with van der Waals surface area (Å²) >= 11 is 0. The van der Waals surface area contributed by atoms with Crippen molar-refractivity contribution in [3.05, 3.63) is 0 Å². The van der Waals surface area contributed by atoms with Crippen LogP contribution >= 0.6 is 0 Å². The highest BCUT2D eigenvalue weighted by atomic mass is 16.2. The van der Waals surface area contributed by atoms with Crippen molar-refractivity contribution in [2.45, 2.75) is 39.0 Å². The maximum atomic E-state index is 11.8. The van der Waals surface area contributed by atoms with Crippen LogP contribution in [-0.4, -0.2) is 43.9 Å². The first-order valence-electron chi connectivity index (χ1n) is 6.69. The van der Waals surface area contributed by atoms with Crippen molar-refractivity contribution < 1.29 is 9.59 Å². The number of hydrogen-bond acceptors (Lipinski definition) is 3. The summed E-state index contributed by atoms with van der Waals surface area (Å²) in [5.74, 6) is 0.602. The van der Waals surface area contributed by atoms with Crippen LogP contribution in [0.1, 0.15) is 39.0 Å². The lowest BCUT2D eigenvalue weighted by Crippen LogP contribution is -2.31. The monoisotopic (exact) mass is 257 g/mol. The fourth-order valence-electron chi connectivity index (χ4n) is 1.83. The molecule has 0 aromatic rings. The Morgan fingerprint density at radius 1 is 1.28 bits per heavy atom. The van der Waals surface area contributed by atoms with Gasteiger partial charge in [-0.3, -0.25) is 9.59 Å². The Hall–Kier alpha value is -1.10. The lowest BCUT2D eigenvalue weighted by molar-refractivity contribution is -0.130. The second kappa shape index (κ2) is 9.88. The Bertz CT molecular complexity index is 257. The van der Waals surface area contributed by atoms with E-state index < -0.39 is 0 Å². The number of carbonyl (C=O) groups excluding carboxylic acids is 2. The molecule has 1 atom stereocenters. The highest BCUT2D eigenvalue weighted by Crippen LogP contribution is 2.15. The summed E-state index contributed by atoms with van der Waals surface area (Å²) in [5.41, 5.74) is 5.53. The van der Waals surface area contributed by atoms with Crippen LogP contribution in [-0.2, 0) is 9.59 Å². The number of nitrogens with zero attached hydrogens (tertiary/aromatic N) is 1. The van der Waals surface area contributed by atoms with E-state index in [1.54, 1.807) is 19.0 Å². The third-order valence-corrected chi connectivity index (χ3v) is 3.30. The largest absolute Gasteiger partial charge is 0.359 e. The van der Waals surface area contributed by atoms with Gasteiger partial charge in [-0.2, -0.15) is 0 Å². The minimum absolute atomic E-state index is 0.0378. The second-order valence-corrected chi connectivity index (χ2v) is 4.63. The zero-order chi connectivity index (χ0) is 14.0. The molecule has 3 N–H and O–H groups in total. The average Bonchev–Trinajstić information content (AvgIpc) is 2.39. The Balaban J connectivity index is 3.89. The van der Waals surface area contributed by atoms with Crippen LogP contribution < -0.4 is 11.1 Å². The lowest BCUT2D eigenvalue weighted by atomic mass is 9.96. The normalized spacial score (nSPS) is 12.0. The molecule has 0 spiro atoms. The molecule has 106 valence electrons. The lowest BCUT2D eigenvalue weighted by Gasteiger charge is -2.19. The minimum atomic E-state index is -0.0378. The van der Waals surface area contributed by atoms with Crippen molar-refractivity contribution >= 4 is 11.8 Å². The summed E-state index contributed by atoms with van der Waals surface area (Å²) in [4.78, 5) is 24.5. The molecule has 0 aromatic carbocycles. The van der Waals surface area contributed by atoms with E-state index in [1.807, 2.05) is 0 Å². The van der Waals surface area contributed by atoms with E-state index in [-0.39, 0.29) is 11.8 Å². The first-order chi connectivity index (χ1) is 8.54. The third kappa shape index (κ3) is 7.27. The van der Waals surface area contributed by atoms with Gasteiger partial charge in [-0.1, -0.05) is 13.3 Å².